The number of ketones is 1. The van der Waals surface area contributed by atoms with E-state index >= 15 is 0 Å². The van der Waals surface area contributed by atoms with E-state index in [2.05, 4.69) is 16.5 Å². The zero-order chi connectivity index (χ0) is 14.8. The van der Waals surface area contributed by atoms with Crippen LogP contribution >= 0.6 is 0 Å². The first-order valence-electron chi connectivity index (χ1n) is 6.80. The van der Waals surface area contributed by atoms with Gasteiger partial charge in [-0.1, -0.05) is 6.92 Å². The van der Waals surface area contributed by atoms with Crippen molar-refractivity contribution < 1.29 is 14.1 Å². The summed E-state index contributed by atoms with van der Waals surface area (Å²) in [4.78, 5) is 15.4. The Bertz CT molecular complexity index is 439. The lowest BCUT2D eigenvalue weighted by molar-refractivity contribution is -0.697. The highest BCUT2D eigenvalue weighted by molar-refractivity contribution is 5.80. The first-order valence-corrected chi connectivity index (χ1v) is 6.80. The van der Waals surface area contributed by atoms with Crippen LogP contribution in [-0.4, -0.2) is 24.9 Å². The van der Waals surface area contributed by atoms with Gasteiger partial charge in [0.15, 0.2) is 24.1 Å². The van der Waals surface area contributed by atoms with Crippen molar-refractivity contribution in [3.63, 3.8) is 0 Å². The molecular weight excluding hydrogens is 256 g/mol. The summed E-state index contributed by atoms with van der Waals surface area (Å²) < 4.78 is 7.50. The lowest BCUT2D eigenvalue weighted by atomic mass is 10.2. The van der Waals surface area contributed by atoms with E-state index in [9.17, 15) is 4.79 Å². The molecule has 0 spiro atoms. The number of pyridine rings is 1. The van der Waals surface area contributed by atoms with Crippen LogP contribution in [0.25, 0.3) is 0 Å². The molecule has 0 aliphatic rings. The Morgan fingerprint density at radius 1 is 1.35 bits per heavy atom. The molecule has 20 heavy (non-hydrogen) atoms. The van der Waals surface area contributed by atoms with Gasteiger partial charge in [-0.25, -0.2) is 4.57 Å². The number of ether oxygens (including phenoxy) is 1. The quantitative estimate of drug-likeness (QED) is 0.296. The highest BCUT2D eigenvalue weighted by Gasteiger charge is 2.05. The minimum Gasteiger partial charge on any atom is -0.485 e. The average molecular weight is 279 g/mol. The number of hydrogen-bond donors (Lipinski definition) is 2. The van der Waals surface area contributed by atoms with Gasteiger partial charge >= 0.3 is 0 Å². The Hall–Kier alpha value is -2.11. The monoisotopic (exact) mass is 279 g/mol. The molecule has 6 nitrogen and oxygen atoms in total. The number of guanidine groups is 1. The molecule has 4 N–H and O–H groups in total. The van der Waals surface area contributed by atoms with E-state index in [1.54, 1.807) is 0 Å². The van der Waals surface area contributed by atoms with Gasteiger partial charge in [0.1, 0.15) is 18.9 Å². The van der Waals surface area contributed by atoms with Gasteiger partial charge in [0.2, 0.25) is 0 Å². The largest absolute Gasteiger partial charge is 0.485 e. The first kappa shape index (κ1) is 15.9. The summed E-state index contributed by atoms with van der Waals surface area (Å²) in [5.41, 5.74) is 10.4. The van der Waals surface area contributed by atoms with Crippen LogP contribution in [0.15, 0.2) is 29.5 Å². The van der Waals surface area contributed by atoms with Gasteiger partial charge in [0.25, 0.3) is 0 Å². The Morgan fingerprint density at radius 3 is 2.65 bits per heavy atom. The van der Waals surface area contributed by atoms with Gasteiger partial charge < -0.3 is 16.2 Å². The lowest BCUT2D eigenvalue weighted by Gasteiger charge is -2.04. The summed E-state index contributed by atoms with van der Waals surface area (Å²) in [6.45, 7) is 3.65. The Kier molecular flexibility index (Phi) is 7.10. The van der Waals surface area contributed by atoms with E-state index < -0.39 is 0 Å². The number of aliphatic imine (C=N–C) groups is 1. The van der Waals surface area contributed by atoms with E-state index in [1.165, 1.54) is 0 Å². The summed E-state index contributed by atoms with van der Waals surface area (Å²) in [6.07, 6.45) is 6.02. The third-order valence-electron chi connectivity index (χ3n) is 2.65. The molecule has 0 saturated heterocycles. The molecule has 1 heterocycles. The smallest absolute Gasteiger partial charge is 0.185 e. The Labute approximate surface area is 119 Å². The minimum absolute atomic E-state index is 0.0427. The molecule has 0 aliphatic carbocycles. The van der Waals surface area contributed by atoms with Gasteiger partial charge in [-0.3, -0.25) is 9.79 Å². The number of carbonyl (C=O) groups excluding carboxylic acids is 1. The van der Waals surface area contributed by atoms with Crippen molar-refractivity contribution in [2.75, 3.05) is 13.2 Å². The van der Waals surface area contributed by atoms with Crippen LogP contribution in [0.2, 0.25) is 0 Å². The first-order chi connectivity index (χ1) is 9.61. The lowest BCUT2D eigenvalue weighted by Crippen LogP contribution is -2.31. The second kappa shape index (κ2) is 8.90. The zero-order valence-corrected chi connectivity index (χ0v) is 11.9. The molecule has 1 rings (SSSR count). The van der Waals surface area contributed by atoms with Crippen molar-refractivity contribution in [2.45, 2.75) is 32.7 Å². The second-order valence-electron chi connectivity index (χ2n) is 4.51. The molecule has 0 atom stereocenters. The van der Waals surface area contributed by atoms with Crippen LogP contribution in [0.5, 0.6) is 5.75 Å². The van der Waals surface area contributed by atoms with E-state index in [1.807, 2.05) is 24.5 Å². The van der Waals surface area contributed by atoms with Gasteiger partial charge in [0, 0.05) is 31.5 Å². The fraction of sp³-hybridized carbons (Fsp3) is 0.500. The zero-order valence-electron chi connectivity index (χ0n) is 11.9. The molecule has 1 aromatic rings. The number of nitrogens with two attached hydrogens (primary N) is 2. The summed E-state index contributed by atoms with van der Waals surface area (Å²) in [6, 6.07) is 3.73. The third-order valence-corrected chi connectivity index (χ3v) is 2.65. The maximum Gasteiger partial charge on any atom is 0.185 e. The van der Waals surface area contributed by atoms with Crippen LogP contribution in [0.3, 0.4) is 0 Å². The van der Waals surface area contributed by atoms with Crippen LogP contribution in [0.1, 0.15) is 26.2 Å². The van der Waals surface area contributed by atoms with Gasteiger partial charge in [-0.15, -0.1) is 0 Å². The van der Waals surface area contributed by atoms with E-state index in [-0.39, 0.29) is 18.3 Å². The molecule has 0 aromatic carbocycles. The van der Waals surface area contributed by atoms with Crippen molar-refractivity contribution in [1.29, 1.82) is 0 Å². The molecule has 0 unspecified atom stereocenters. The highest BCUT2D eigenvalue weighted by atomic mass is 16.5. The summed E-state index contributed by atoms with van der Waals surface area (Å²) in [7, 11) is 0. The number of rotatable bonds is 9. The normalized spacial score (nSPS) is 10.1. The number of Topliss-reactive ketones (excluding diaryl/α,β-unsaturated/α-hetero) is 1. The molecule has 0 radical (unpaired) electrons. The number of nitrogens with zero attached hydrogens (tertiary/aromatic N) is 2. The summed E-state index contributed by atoms with van der Waals surface area (Å²) in [5, 5.41) is 0. The van der Waals surface area contributed by atoms with Gasteiger partial charge in [-0.05, 0) is 6.42 Å². The summed E-state index contributed by atoms with van der Waals surface area (Å²) >= 11 is 0. The SMILES string of the molecule is CCC[n+]1ccc(OCC(=O)CCCN=C(N)N)cc1. The van der Waals surface area contributed by atoms with Crippen molar-refractivity contribution in [2.24, 2.45) is 16.5 Å². The Balaban J connectivity index is 2.25. The van der Waals surface area contributed by atoms with E-state index in [0.29, 0.717) is 25.1 Å². The van der Waals surface area contributed by atoms with Crippen LogP contribution in [0, 0.1) is 0 Å². The maximum absolute atomic E-state index is 11.6. The third kappa shape index (κ3) is 6.72. The molecule has 0 saturated carbocycles. The van der Waals surface area contributed by atoms with Crippen molar-refractivity contribution in [3.8, 4) is 5.75 Å². The summed E-state index contributed by atoms with van der Waals surface area (Å²) in [5.74, 6) is 0.800. The molecule has 0 fully saturated rings. The fourth-order valence-corrected chi connectivity index (χ4v) is 1.67. The fourth-order valence-electron chi connectivity index (χ4n) is 1.67. The number of carbonyl (C=O) groups is 1. The predicted octanol–water partition coefficient (Wildman–Crippen LogP) is 0.386. The molecular formula is C14H23N4O2+. The Morgan fingerprint density at radius 2 is 2.05 bits per heavy atom. The van der Waals surface area contributed by atoms with E-state index in [0.717, 1.165) is 13.0 Å². The standard InChI is InChI=1S/C14H23N4O2/c1-2-8-18-9-5-13(6-10-18)20-11-12(19)4-3-7-17-14(15)16/h5-6,9-10H,2-4,7-8,11H2,1H3,(H4,15,16,17)/q+1. The van der Waals surface area contributed by atoms with Gasteiger partial charge in [0.05, 0.1) is 0 Å². The average Bonchev–Trinajstić information content (AvgIpc) is 2.43. The van der Waals surface area contributed by atoms with Crippen molar-refractivity contribution in [3.05, 3.63) is 24.5 Å². The molecule has 0 bridgehead atoms. The molecule has 0 amide bonds. The number of aryl methyl sites for hydroxylation is 1. The van der Waals surface area contributed by atoms with Crippen LogP contribution < -0.4 is 20.8 Å². The molecule has 6 heteroatoms. The maximum atomic E-state index is 11.6. The van der Waals surface area contributed by atoms with Crippen molar-refractivity contribution in [1.82, 2.24) is 0 Å². The number of hydrogen-bond acceptors (Lipinski definition) is 3. The highest BCUT2D eigenvalue weighted by Crippen LogP contribution is 2.06. The van der Waals surface area contributed by atoms with Crippen LogP contribution in [0.4, 0.5) is 0 Å². The topological polar surface area (TPSA) is 94.6 Å². The van der Waals surface area contributed by atoms with E-state index in [4.69, 9.17) is 16.2 Å². The van der Waals surface area contributed by atoms with Gasteiger partial charge in [-0.2, -0.15) is 0 Å². The molecule has 0 aliphatic heterocycles. The molecule has 110 valence electrons. The van der Waals surface area contributed by atoms with Crippen LogP contribution in [-0.2, 0) is 11.3 Å². The number of aromatic nitrogens is 1. The second-order valence-corrected chi connectivity index (χ2v) is 4.51. The van der Waals surface area contributed by atoms with Crippen molar-refractivity contribution >= 4 is 11.7 Å². The molecule has 1 aromatic heterocycles. The predicted molar refractivity (Wildman–Crippen MR) is 77.3 cm³/mol. The minimum atomic E-state index is 0.0427.